The number of aromatic amines is 1. The Labute approximate surface area is 150 Å². The third-order valence-corrected chi connectivity index (χ3v) is 4.85. The van der Waals surface area contributed by atoms with E-state index in [1.54, 1.807) is 17.1 Å². The van der Waals surface area contributed by atoms with Gasteiger partial charge >= 0.3 is 0 Å². The first-order chi connectivity index (χ1) is 12.1. The molecule has 1 unspecified atom stereocenters. The SMILES string of the molecule is CNC1CCCN(c2nc(Nc3cnn(C)c3)nc3[nH]cc(Cl)c23)C1. The molecule has 4 heterocycles. The van der Waals surface area contributed by atoms with Gasteiger partial charge in [-0.3, -0.25) is 4.68 Å². The summed E-state index contributed by atoms with van der Waals surface area (Å²) >= 11 is 6.40. The molecule has 1 atom stereocenters. The van der Waals surface area contributed by atoms with Crippen molar-refractivity contribution in [2.75, 3.05) is 30.4 Å². The van der Waals surface area contributed by atoms with Crippen molar-refractivity contribution in [2.24, 2.45) is 7.05 Å². The van der Waals surface area contributed by atoms with Crippen LogP contribution in [0.25, 0.3) is 11.0 Å². The van der Waals surface area contributed by atoms with Crippen LogP contribution in [0.2, 0.25) is 5.02 Å². The van der Waals surface area contributed by atoms with Gasteiger partial charge in [0, 0.05) is 38.6 Å². The fourth-order valence-corrected chi connectivity index (χ4v) is 3.51. The lowest BCUT2D eigenvalue weighted by Gasteiger charge is -2.33. The summed E-state index contributed by atoms with van der Waals surface area (Å²) in [6.07, 6.45) is 7.67. The number of aromatic nitrogens is 5. The monoisotopic (exact) mass is 360 g/mol. The van der Waals surface area contributed by atoms with Gasteiger partial charge in [0.25, 0.3) is 0 Å². The first-order valence-corrected chi connectivity index (χ1v) is 8.74. The number of nitrogens with one attached hydrogen (secondary N) is 3. The molecule has 8 nitrogen and oxygen atoms in total. The van der Waals surface area contributed by atoms with Crippen LogP contribution in [0.3, 0.4) is 0 Å². The quantitative estimate of drug-likeness (QED) is 0.661. The van der Waals surface area contributed by atoms with E-state index in [1.807, 2.05) is 20.3 Å². The number of nitrogens with zero attached hydrogens (tertiary/aromatic N) is 5. The van der Waals surface area contributed by atoms with Gasteiger partial charge in [0.2, 0.25) is 5.95 Å². The summed E-state index contributed by atoms with van der Waals surface area (Å²) < 4.78 is 1.73. The summed E-state index contributed by atoms with van der Waals surface area (Å²) in [4.78, 5) is 14.7. The molecule has 3 aromatic heterocycles. The second-order valence-corrected chi connectivity index (χ2v) is 6.74. The number of likely N-dealkylation sites (N-methyl/N-ethyl adjacent to an activating group) is 1. The Bertz CT molecular complexity index is 886. The molecule has 0 spiro atoms. The van der Waals surface area contributed by atoms with Gasteiger partial charge in [-0.2, -0.15) is 15.1 Å². The Morgan fingerprint density at radius 2 is 2.24 bits per heavy atom. The molecule has 4 rings (SSSR count). The standard InChI is InChI=1S/C16H21ClN8/c1-18-10-4-3-5-25(9-10)15-13-12(17)7-19-14(13)22-16(23-15)21-11-6-20-24(2)8-11/h6-8,10,18H,3-5,9H2,1-2H3,(H2,19,21,22,23). The van der Waals surface area contributed by atoms with Crippen LogP contribution < -0.4 is 15.5 Å². The van der Waals surface area contributed by atoms with Crippen molar-refractivity contribution in [1.82, 2.24) is 30.0 Å². The van der Waals surface area contributed by atoms with Crippen molar-refractivity contribution in [2.45, 2.75) is 18.9 Å². The molecular formula is C16H21ClN8. The van der Waals surface area contributed by atoms with E-state index >= 15 is 0 Å². The summed E-state index contributed by atoms with van der Waals surface area (Å²) in [7, 11) is 3.87. The highest BCUT2D eigenvalue weighted by molar-refractivity contribution is 6.36. The zero-order chi connectivity index (χ0) is 17.4. The lowest BCUT2D eigenvalue weighted by atomic mass is 10.1. The molecule has 1 aliphatic rings. The van der Waals surface area contributed by atoms with Crippen molar-refractivity contribution in [1.29, 1.82) is 0 Å². The van der Waals surface area contributed by atoms with Gasteiger partial charge in [0.15, 0.2) is 0 Å². The maximum atomic E-state index is 6.40. The van der Waals surface area contributed by atoms with Gasteiger partial charge in [0.1, 0.15) is 11.5 Å². The largest absolute Gasteiger partial charge is 0.354 e. The molecule has 3 aromatic rings. The fourth-order valence-electron chi connectivity index (χ4n) is 3.28. The van der Waals surface area contributed by atoms with E-state index in [4.69, 9.17) is 16.6 Å². The Hall–Kier alpha value is -2.32. The Kier molecular flexibility index (Phi) is 4.22. The predicted octanol–water partition coefficient (Wildman–Crippen LogP) is 2.28. The number of hydrogen-bond donors (Lipinski definition) is 3. The van der Waals surface area contributed by atoms with Gasteiger partial charge in [-0.25, -0.2) is 0 Å². The van der Waals surface area contributed by atoms with Crippen molar-refractivity contribution < 1.29 is 0 Å². The summed E-state index contributed by atoms with van der Waals surface area (Å²) in [6, 6.07) is 0.450. The van der Waals surface area contributed by atoms with Crippen LogP contribution in [0.5, 0.6) is 0 Å². The van der Waals surface area contributed by atoms with Gasteiger partial charge in [-0.1, -0.05) is 11.6 Å². The third kappa shape index (κ3) is 3.14. The third-order valence-electron chi connectivity index (χ3n) is 4.55. The summed E-state index contributed by atoms with van der Waals surface area (Å²) in [6.45, 7) is 1.86. The van der Waals surface area contributed by atoms with Gasteiger partial charge in [0.05, 0.1) is 22.3 Å². The van der Waals surface area contributed by atoms with Gasteiger partial charge in [-0.15, -0.1) is 0 Å². The minimum atomic E-state index is 0.450. The minimum absolute atomic E-state index is 0.450. The molecule has 0 saturated carbocycles. The van der Waals surface area contributed by atoms with Crippen LogP contribution >= 0.6 is 11.6 Å². The lowest BCUT2D eigenvalue weighted by molar-refractivity contribution is 0.448. The first kappa shape index (κ1) is 16.2. The Morgan fingerprint density at radius 3 is 3.00 bits per heavy atom. The molecule has 9 heteroatoms. The number of aryl methyl sites for hydroxylation is 1. The van der Waals surface area contributed by atoms with Crippen LogP contribution in [0.15, 0.2) is 18.6 Å². The van der Waals surface area contributed by atoms with E-state index in [-0.39, 0.29) is 0 Å². The van der Waals surface area contributed by atoms with Crippen molar-refractivity contribution in [3.63, 3.8) is 0 Å². The number of rotatable bonds is 4. The number of H-pyrrole nitrogens is 1. The lowest BCUT2D eigenvalue weighted by Crippen LogP contribution is -2.44. The van der Waals surface area contributed by atoms with E-state index in [0.29, 0.717) is 17.0 Å². The fraction of sp³-hybridized carbons (Fsp3) is 0.438. The van der Waals surface area contributed by atoms with E-state index in [1.165, 1.54) is 6.42 Å². The molecule has 1 fully saturated rings. The van der Waals surface area contributed by atoms with E-state index in [2.05, 4.69) is 30.6 Å². The minimum Gasteiger partial charge on any atom is -0.354 e. The van der Waals surface area contributed by atoms with E-state index < -0.39 is 0 Å². The van der Waals surface area contributed by atoms with Gasteiger partial charge < -0.3 is 20.5 Å². The number of fused-ring (bicyclic) bond motifs is 1. The first-order valence-electron chi connectivity index (χ1n) is 8.36. The molecule has 0 radical (unpaired) electrons. The van der Waals surface area contributed by atoms with Crippen LogP contribution in [-0.2, 0) is 7.05 Å². The number of hydrogen-bond acceptors (Lipinski definition) is 6. The molecule has 0 aromatic carbocycles. The highest BCUT2D eigenvalue weighted by Gasteiger charge is 2.24. The molecule has 1 saturated heterocycles. The number of halogens is 1. The Morgan fingerprint density at radius 1 is 1.36 bits per heavy atom. The number of anilines is 3. The van der Waals surface area contributed by atoms with Crippen LogP contribution in [0.4, 0.5) is 17.5 Å². The molecule has 0 bridgehead atoms. The molecule has 1 aliphatic heterocycles. The normalized spacial score (nSPS) is 18.0. The van der Waals surface area contributed by atoms with Crippen molar-refractivity contribution in [3.05, 3.63) is 23.6 Å². The topological polar surface area (TPSA) is 86.7 Å². The molecule has 132 valence electrons. The summed E-state index contributed by atoms with van der Waals surface area (Å²) in [5, 5.41) is 12.3. The maximum Gasteiger partial charge on any atom is 0.231 e. The van der Waals surface area contributed by atoms with Crippen LogP contribution in [0.1, 0.15) is 12.8 Å². The average molecular weight is 361 g/mol. The Balaban J connectivity index is 1.74. The second-order valence-electron chi connectivity index (χ2n) is 6.33. The molecule has 0 amide bonds. The average Bonchev–Trinajstić information content (AvgIpc) is 3.20. The molecule has 3 N–H and O–H groups in total. The van der Waals surface area contributed by atoms with Crippen LogP contribution in [0, 0.1) is 0 Å². The summed E-state index contributed by atoms with van der Waals surface area (Å²) in [5.74, 6) is 1.39. The zero-order valence-electron chi connectivity index (χ0n) is 14.3. The smallest absolute Gasteiger partial charge is 0.231 e. The molecular weight excluding hydrogens is 340 g/mol. The van der Waals surface area contributed by atoms with Crippen molar-refractivity contribution in [3.8, 4) is 0 Å². The van der Waals surface area contributed by atoms with E-state index in [0.717, 1.165) is 42.0 Å². The zero-order valence-corrected chi connectivity index (χ0v) is 15.0. The summed E-state index contributed by atoms with van der Waals surface area (Å²) in [5.41, 5.74) is 1.57. The van der Waals surface area contributed by atoms with E-state index in [9.17, 15) is 0 Å². The maximum absolute atomic E-state index is 6.40. The molecule has 0 aliphatic carbocycles. The number of piperidine rings is 1. The van der Waals surface area contributed by atoms with Gasteiger partial charge in [-0.05, 0) is 19.9 Å². The van der Waals surface area contributed by atoms with Crippen molar-refractivity contribution >= 4 is 40.1 Å². The second kappa shape index (κ2) is 6.53. The van der Waals surface area contributed by atoms with Crippen LogP contribution in [-0.4, -0.2) is 50.9 Å². The highest BCUT2D eigenvalue weighted by atomic mass is 35.5. The predicted molar refractivity (Wildman–Crippen MR) is 99.7 cm³/mol. The molecule has 25 heavy (non-hydrogen) atoms. The highest BCUT2D eigenvalue weighted by Crippen LogP contribution is 2.33.